The van der Waals surface area contributed by atoms with E-state index in [1.807, 2.05) is 6.92 Å². The Bertz CT molecular complexity index is 957. The van der Waals surface area contributed by atoms with Gasteiger partial charge in [0.15, 0.2) is 5.65 Å². The molecule has 5 nitrogen and oxygen atoms in total. The summed E-state index contributed by atoms with van der Waals surface area (Å²) in [5, 5.41) is 13.7. The van der Waals surface area contributed by atoms with E-state index in [0.29, 0.717) is 22.7 Å². The molecule has 3 aromatic rings. The van der Waals surface area contributed by atoms with E-state index >= 15 is 0 Å². The number of aryl methyl sites for hydroxylation is 1. The van der Waals surface area contributed by atoms with E-state index in [-0.39, 0.29) is 28.0 Å². The molecule has 26 heavy (non-hydrogen) atoms. The summed E-state index contributed by atoms with van der Waals surface area (Å²) in [7, 11) is 0. The van der Waals surface area contributed by atoms with E-state index in [4.69, 9.17) is 23.2 Å². The molecule has 0 unspecified atom stereocenters. The van der Waals surface area contributed by atoms with Crippen LogP contribution in [0.3, 0.4) is 0 Å². The molecule has 0 saturated carbocycles. The lowest BCUT2D eigenvalue weighted by Crippen LogP contribution is -2.19. The molecule has 1 aromatic carbocycles. The van der Waals surface area contributed by atoms with Crippen molar-refractivity contribution >= 4 is 52.9 Å². The van der Waals surface area contributed by atoms with Gasteiger partial charge in [-0.15, -0.1) is 12.4 Å². The maximum Gasteiger partial charge on any atom is 0.258 e. The van der Waals surface area contributed by atoms with Crippen LogP contribution in [0.5, 0.6) is 0 Å². The number of aromatic nitrogens is 2. The zero-order valence-corrected chi connectivity index (χ0v) is 16.7. The van der Waals surface area contributed by atoms with Crippen molar-refractivity contribution in [3.05, 3.63) is 63.5 Å². The van der Waals surface area contributed by atoms with Crippen LogP contribution in [0.4, 0.5) is 5.69 Å². The van der Waals surface area contributed by atoms with Crippen LogP contribution in [0.15, 0.2) is 36.5 Å². The van der Waals surface area contributed by atoms with Gasteiger partial charge in [-0.25, -0.2) is 4.98 Å². The number of imidazole rings is 1. The normalized spacial score (nSPS) is 11.3. The largest absolute Gasteiger partial charge is 0.384 e. The lowest BCUT2D eigenvalue weighted by molar-refractivity contribution is 0.0722. The number of pyridine rings is 1. The highest BCUT2D eigenvalue weighted by Gasteiger charge is 2.25. The number of nitrogens with one attached hydrogen (secondary N) is 1. The van der Waals surface area contributed by atoms with Crippen molar-refractivity contribution in [2.75, 3.05) is 5.32 Å². The predicted octanol–water partition coefficient (Wildman–Crippen LogP) is 4.85. The Morgan fingerprint density at radius 1 is 1.19 bits per heavy atom. The number of anilines is 1. The molecule has 0 saturated heterocycles. The van der Waals surface area contributed by atoms with Gasteiger partial charge < -0.3 is 10.4 Å². The smallest absolute Gasteiger partial charge is 0.258 e. The van der Waals surface area contributed by atoms with Gasteiger partial charge in [0.1, 0.15) is 5.60 Å². The molecule has 0 atom stereocenters. The van der Waals surface area contributed by atoms with Crippen LogP contribution in [0.1, 0.15) is 35.6 Å². The first-order chi connectivity index (χ1) is 11.7. The summed E-state index contributed by atoms with van der Waals surface area (Å²) >= 11 is 12.2. The lowest BCUT2D eigenvalue weighted by atomic mass is 10.0. The number of rotatable bonds is 3. The minimum Gasteiger partial charge on any atom is -0.384 e. The van der Waals surface area contributed by atoms with Gasteiger partial charge in [0.25, 0.3) is 5.91 Å². The molecule has 0 aliphatic rings. The minimum atomic E-state index is -1.07. The molecule has 2 N–H and O–H groups in total. The summed E-state index contributed by atoms with van der Waals surface area (Å²) in [6.07, 6.45) is 1.79. The van der Waals surface area contributed by atoms with E-state index in [1.165, 1.54) is 0 Å². The van der Waals surface area contributed by atoms with Gasteiger partial charge in [0.2, 0.25) is 0 Å². The first-order valence-electron chi connectivity index (χ1n) is 7.66. The number of aliphatic hydroxyl groups is 1. The Balaban J connectivity index is 0.00000243. The van der Waals surface area contributed by atoms with Gasteiger partial charge in [0, 0.05) is 6.20 Å². The molecular weight excluding hydrogens is 397 g/mol. The maximum absolute atomic E-state index is 12.6. The summed E-state index contributed by atoms with van der Waals surface area (Å²) in [6.45, 7) is 5.20. The Morgan fingerprint density at radius 3 is 2.38 bits per heavy atom. The Labute approximate surface area is 167 Å². The number of carbonyl (C=O) groups is 1. The van der Waals surface area contributed by atoms with E-state index in [2.05, 4.69) is 10.3 Å². The first kappa shape index (κ1) is 20.5. The van der Waals surface area contributed by atoms with Crippen LogP contribution in [-0.2, 0) is 5.60 Å². The van der Waals surface area contributed by atoms with E-state index in [1.54, 1.807) is 54.8 Å². The van der Waals surface area contributed by atoms with Crippen molar-refractivity contribution in [3.8, 4) is 0 Å². The predicted molar refractivity (Wildman–Crippen MR) is 107 cm³/mol. The number of hydrogen-bond acceptors (Lipinski definition) is 3. The third kappa shape index (κ3) is 3.67. The van der Waals surface area contributed by atoms with Gasteiger partial charge in [-0.05, 0) is 45.0 Å². The molecule has 0 aliphatic heterocycles. The lowest BCUT2D eigenvalue weighted by Gasteiger charge is -2.18. The van der Waals surface area contributed by atoms with E-state index in [0.717, 1.165) is 0 Å². The van der Waals surface area contributed by atoms with Crippen molar-refractivity contribution < 1.29 is 9.90 Å². The summed E-state index contributed by atoms with van der Waals surface area (Å²) in [6, 6.07) is 8.39. The molecule has 1 amide bonds. The van der Waals surface area contributed by atoms with Gasteiger partial charge in [-0.2, -0.15) is 0 Å². The molecule has 2 aromatic heterocycles. The van der Waals surface area contributed by atoms with E-state index < -0.39 is 11.5 Å². The molecule has 138 valence electrons. The molecule has 8 heteroatoms. The van der Waals surface area contributed by atoms with Crippen LogP contribution in [0.2, 0.25) is 10.0 Å². The third-order valence-corrected chi connectivity index (χ3v) is 4.47. The topological polar surface area (TPSA) is 66.6 Å². The maximum atomic E-state index is 12.6. The van der Waals surface area contributed by atoms with Gasteiger partial charge >= 0.3 is 0 Å². The average Bonchev–Trinajstić information content (AvgIpc) is 2.84. The van der Waals surface area contributed by atoms with Crippen LogP contribution in [-0.4, -0.2) is 20.4 Å². The number of nitrogens with zero attached hydrogens (tertiary/aromatic N) is 2. The summed E-state index contributed by atoms with van der Waals surface area (Å²) in [4.78, 5) is 17.1. The van der Waals surface area contributed by atoms with Crippen LogP contribution < -0.4 is 5.32 Å². The zero-order valence-electron chi connectivity index (χ0n) is 14.4. The van der Waals surface area contributed by atoms with Crippen LogP contribution in [0.25, 0.3) is 5.65 Å². The second kappa shape index (κ2) is 7.45. The van der Waals surface area contributed by atoms with Crippen LogP contribution >= 0.6 is 35.6 Å². The van der Waals surface area contributed by atoms with Crippen molar-refractivity contribution in [2.45, 2.75) is 26.4 Å². The van der Waals surface area contributed by atoms with Crippen molar-refractivity contribution in [3.63, 3.8) is 0 Å². The SMILES string of the molecule is Cc1nc2c(NC(=O)c3c(Cl)cccc3Cl)cccn2c1C(C)(C)O.Cl. The van der Waals surface area contributed by atoms with Gasteiger partial charge in [-0.3, -0.25) is 9.20 Å². The van der Waals surface area contributed by atoms with Gasteiger partial charge in [-0.1, -0.05) is 29.3 Å². The monoisotopic (exact) mass is 413 g/mol. The Kier molecular flexibility index (Phi) is 5.88. The zero-order chi connectivity index (χ0) is 18.4. The Morgan fingerprint density at radius 2 is 1.81 bits per heavy atom. The highest BCUT2D eigenvalue weighted by molar-refractivity contribution is 6.40. The Hall–Kier alpha value is -1.79. The molecular formula is C18H18Cl3N3O2. The quantitative estimate of drug-likeness (QED) is 0.644. The standard InChI is InChI=1S/C18H17Cl2N3O2.ClH/c1-10-15(18(2,3)25)23-9-5-8-13(16(23)21-10)22-17(24)14-11(19)6-4-7-12(14)20;/h4-9,25H,1-3H3,(H,22,24);1H. The molecule has 0 spiro atoms. The molecule has 2 heterocycles. The second-order valence-corrected chi connectivity index (χ2v) is 7.09. The molecule has 0 fully saturated rings. The highest BCUT2D eigenvalue weighted by atomic mass is 35.5. The summed E-state index contributed by atoms with van der Waals surface area (Å²) in [5.41, 5.74) is 1.52. The third-order valence-electron chi connectivity index (χ3n) is 3.84. The number of benzene rings is 1. The highest BCUT2D eigenvalue weighted by Crippen LogP contribution is 2.29. The van der Waals surface area contributed by atoms with Gasteiger partial charge in [0.05, 0.1) is 32.7 Å². The number of amides is 1. The second-order valence-electron chi connectivity index (χ2n) is 6.27. The number of halogens is 3. The fourth-order valence-corrected chi connectivity index (χ4v) is 3.48. The molecule has 0 aliphatic carbocycles. The molecule has 0 bridgehead atoms. The molecule has 3 rings (SSSR count). The molecule has 0 radical (unpaired) electrons. The number of fused-ring (bicyclic) bond motifs is 1. The number of carbonyl (C=O) groups excluding carboxylic acids is 1. The van der Waals surface area contributed by atoms with Crippen molar-refractivity contribution in [1.29, 1.82) is 0 Å². The average molecular weight is 415 g/mol. The van der Waals surface area contributed by atoms with Crippen molar-refractivity contribution in [1.82, 2.24) is 9.38 Å². The van der Waals surface area contributed by atoms with Crippen LogP contribution in [0, 0.1) is 6.92 Å². The first-order valence-corrected chi connectivity index (χ1v) is 8.41. The minimum absolute atomic E-state index is 0. The number of hydrogen-bond donors (Lipinski definition) is 2. The summed E-state index contributed by atoms with van der Waals surface area (Å²) < 4.78 is 1.76. The fraction of sp³-hybridized carbons (Fsp3) is 0.222. The van der Waals surface area contributed by atoms with E-state index in [9.17, 15) is 9.90 Å². The fourth-order valence-electron chi connectivity index (χ4n) is 2.92. The summed E-state index contributed by atoms with van der Waals surface area (Å²) in [5.74, 6) is -0.422. The van der Waals surface area contributed by atoms with Crippen molar-refractivity contribution in [2.24, 2.45) is 0 Å².